The molecule has 0 spiro atoms. The first-order valence-electron chi connectivity index (χ1n) is 7.08. The highest BCUT2D eigenvalue weighted by Crippen LogP contribution is 2.18. The van der Waals surface area contributed by atoms with Crippen LogP contribution < -0.4 is 15.8 Å². The Kier molecular flexibility index (Phi) is 5.38. The summed E-state index contributed by atoms with van der Waals surface area (Å²) in [6.07, 6.45) is 3.22. The summed E-state index contributed by atoms with van der Waals surface area (Å²) in [7, 11) is 0. The lowest BCUT2D eigenvalue weighted by molar-refractivity contribution is -0.125. The number of nitrogens with two attached hydrogens (primary N) is 1. The number of nitrogens with one attached hydrogen (secondary N) is 1. The van der Waals surface area contributed by atoms with Crippen LogP contribution >= 0.6 is 0 Å². The van der Waals surface area contributed by atoms with Gasteiger partial charge >= 0.3 is 0 Å². The molecule has 0 heterocycles. The molecule has 1 aliphatic rings. The van der Waals surface area contributed by atoms with Gasteiger partial charge < -0.3 is 20.9 Å². The summed E-state index contributed by atoms with van der Waals surface area (Å²) in [6, 6.07) is 7.20. The number of hydrogen-bond donors (Lipinski definition) is 3. The maximum absolute atomic E-state index is 11.8. The molecule has 0 saturated heterocycles. The average Bonchev–Trinajstić information content (AvgIpc) is 2.48. The first-order chi connectivity index (χ1) is 9.69. The third-order valence-electron chi connectivity index (χ3n) is 3.60. The molecule has 2 atom stereocenters. The molecule has 0 aromatic heterocycles. The van der Waals surface area contributed by atoms with E-state index in [1.165, 1.54) is 0 Å². The van der Waals surface area contributed by atoms with E-state index in [-0.39, 0.29) is 18.6 Å². The molecular formula is C15H22N2O3. The van der Waals surface area contributed by atoms with Crippen molar-refractivity contribution in [2.45, 2.75) is 44.4 Å². The van der Waals surface area contributed by atoms with E-state index < -0.39 is 6.10 Å². The number of carbonyl (C=O) groups excluding carboxylic acids is 1. The molecule has 1 aromatic carbocycles. The molecule has 5 nitrogen and oxygen atoms in total. The molecular weight excluding hydrogens is 256 g/mol. The lowest BCUT2D eigenvalue weighted by Crippen LogP contribution is -2.46. The monoisotopic (exact) mass is 278 g/mol. The topological polar surface area (TPSA) is 84.6 Å². The molecule has 4 N–H and O–H groups in total. The number of aliphatic hydroxyl groups excluding tert-OH is 1. The van der Waals surface area contributed by atoms with Gasteiger partial charge in [0.05, 0.1) is 12.1 Å². The number of carbonyl (C=O) groups is 1. The van der Waals surface area contributed by atoms with Crippen molar-refractivity contribution in [2.24, 2.45) is 5.73 Å². The number of hydrogen-bond acceptors (Lipinski definition) is 4. The van der Waals surface area contributed by atoms with Crippen molar-refractivity contribution in [1.29, 1.82) is 0 Å². The van der Waals surface area contributed by atoms with Crippen LogP contribution in [-0.2, 0) is 11.3 Å². The minimum absolute atomic E-state index is 0.0365. The molecule has 1 aliphatic carbocycles. The molecule has 1 amide bonds. The summed E-state index contributed by atoms with van der Waals surface area (Å²) in [5.41, 5.74) is 6.53. The minimum Gasteiger partial charge on any atom is -0.484 e. The molecule has 1 saturated carbocycles. The number of amides is 1. The summed E-state index contributed by atoms with van der Waals surface area (Å²) in [6.45, 7) is 0.450. The Labute approximate surface area is 119 Å². The van der Waals surface area contributed by atoms with Gasteiger partial charge in [0.2, 0.25) is 0 Å². The van der Waals surface area contributed by atoms with Crippen molar-refractivity contribution < 1.29 is 14.6 Å². The van der Waals surface area contributed by atoms with E-state index in [0.29, 0.717) is 12.3 Å². The number of benzene rings is 1. The Balaban J connectivity index is 1.76. The van der Waals surface area contributed by atoms with Gasteiger partial charge in [-0.25, -0.2) is 0 Å². The van der Waals surface area contributed by atoms with Gasteiger partial charge in [-0.1, -0.05) is 25.0 Å². The summed E-state index contributed by atoms with van der Waals surface area (Å²) in [4.78, 5) is 11.8. The van der Waals surface area contributed by atoms with Gasteiger partial charge in [0, 0.05) is 6.54 Å². The van der Waals surface area contributed by atoms with E-state index in [9.17, 15) is 9.90 Å². The zero-order chi connectivity index (χ0) is 14.4. The second kappa shape index (κ2) is 7.26. The summed E-state index contributed by atoms with van der Waals surface area (Å²) >= 11 is 0. The molecule has 1 aromatic rings. The quantitative estimate of drug-likeness (QED) is 0.748. The molecule has 0 aliphatic heterocycles. The first-order valence-corrected chi connectivity index (χ1v) is 7.08. The van der Waals surface area contributed by atoms with Crippen molar-refractivity contribution in [3.63, 3.8) is 0 Å². The van der Waals surface area contributed by atoms with E-state index in [0.717, 1.165) is 31.2 Å². The van der Waals surface area contributed by atoms with Crippen LogP contribution in [0.2, 0.25) is 0 Å². The van der Waals surface area contributed by atoms with E-state index in [1.807, 2.05) is 12.1 Å². The Hall–Kier alpha value is -1.59. The third kappa shape index (κ3) is 4.21. The van der Waals surface area contributed by atoms with Crippen LogP contribution in [0.25, 0.3) is 0 Å². The predicted molar refractivity (Wildman–Crippen MR) is 76.2 cm³/mol. The first kappa shape index (κ1) is 14.8. The van der Waals surface area contributed by atoms with Crippen molar-refractivity contribution in [2.75, 3.05) is 6.61 Å². The van der Waals surface area contributed by atoms with Crippen molar-refractivity contribution in [1.82, 2.24) is 5.32 Å². The Morgan fingerprint density at radius 1 is 1.30 bits per heavy atom. The molecule has 110 valence electrons. The lowest BCUT2D eigenvalue weighted by Gasteiger charge is -2.28. The van der Waals surface area contributed by atoms with Gasteiger partial charge in [-0.05, 0) is 30.5 Å². The van der Waals surface area contributed by atoms with E-state index >= 15 is 0 Å². The standard InChI is InChI=1S/C15H22N2O3/c16-9-11-5-7-12(8-6-11)20-10-15(19)17-13-3-1-2-4-14(13)18/h5-8,13-14,18H,1-4,9-10,16H2,(H,17,19)/t13-,14-/m0/s1. The SMILES string of the molecule is NCc1ccc(OCC(=O)N[C@H]2CCCC[C@@H]2O)cc1. The molecule has 2 rings (SSSR count). The summed E-state index contributed by atoms with van der Waals surface area (Å²) < 4.78 is 5.41. The van der Waals surface area contributed by atoms with Crippen molar-refractivity contribution in [3.8, 4) is 5.75 Å². The van der Waals surface area contributed by atoms with Gasteiger partial charge in [0.1, 0.15) is 5.75 Å². The molecule has 0 bridgehead atoms. The van der Waals surface area contributed by atoms with Crippen LogP contribution in [-0.4, -0.2) is 29.8 Å². The van der Waals surface area contributed by atoms with E-state index in [1.54, 1.807) is 12.1 Å². The molecule has 20 heavy (non-hydrogen) atoms. The van der Waals surface area contributed by atoms with Crippen molar-refractivity contribution >= 4 is 5.91 Å². The number of ether oxygens (including phenoxy) is 1. The largest absolute Gasteiger partial charge is 0.484 e. The van der Waals surface area contributed by atoms with Crippen molar-refractivity contribution in [3.05, 3.63) is 29.8 Å². The number of rotatable bonds is 5. The summed E-state index contributed by atoms with van der Waals surface area (Å²) in [5, 5.41) is 12.6. The lowest BCUT2D eigenvalue weighted by atomic mass is 9.92. The highest BCUT2D eigenvalue weighted by Gasteiger charge is 2.24. The van der Waals surface area contributed by atoms with Crippen LogP contribution in [0.1, 0.15) is 31.2 Å². The van der Waals surface area contributed by atoms with Crippen LogP contribution in [0.5, 0.6) is 5.75 Å². The van der Waals surface area contributed by atoms with Gasteiger partial charge in [0.15, 0.2) is 6.61 Å². The second-order valence-corrected chi connectivity index (χ2v) is 5.16. The second-order valence-electron chi connectivity index (χ2n) is 5.16. The van der Waals surface area contributed by atoms with Gasteiger partial charge in [-0.2, -0.15) is 0 Å². The number of aliphatic hydroxyl groups is 1. The van der Waals surface area contributed by atoms with E-state index in [2.05, 4.69) is 5.32 Å². The molecule has 1 fully saturated rings. The van der Waals surface area contributed by atoms with Crippen LogP contribution in [0.3, 0.4) is 0 Å². The molecule has 0 radical (unpaired) electrons. The zero-order valence-corrected chi connectivity index (χ0v) is 11.5. The predicted octanol–water partition coefficient (Wildman–Crippen LogP) is 0.944. The maximum Gasteiger partial charge on any atom is 0.258 e. The maximum atomic E-state index is 11.8. The van der Waals surface area contributed by atoms with Gasteiger partial charge in [0.25, 0.3) is 5.91 Å². The van der Waals surface area contributed by atoms with Crippen LogP contribution in [0, 0.1) is 0 Å². The fourth-order valence-corrected chi connectivity index (χ4v) is 2.40. The van der Waals surface area contributed by atoms with E-state index in [4.69, 9.17) is 10.5 Å². The normalized spacial score (nSPS) is 22.3. The van der Waals surface area contributed by atoms with Gasteiger partial charge in [-0.3, -0.25) is 4.79 Å². The Bertz CT molecular complexity index is 433. The molecule has 0 unspecified atom stereocenters. The third-order valence-corrected chi connectivity index (χ3v) is 3.60. The van der Waals surface area contributed by atoms with Crippen LogP contribution in [0.15, 0.2) is 24.3 Å². The smallest absolute Gasteiger partial charge is 0.258 e. The fourth-order valence-electron chi connectivity index (χ4n) is 2.40. The molecule has 5 heteroatoms. The highest BCUT2D eigenvalue weighted by atomic mass is 16.5. The Morgan fingerprint density at radius 2 is 2.00 bits per heavy atom. The zero-order valence-electron chi connectivity index (χ0n) is 11.5. The Morgan fingerprint density at radius 3 is 2.65 bits per heavy atom. The summed E-state index contributed by atoms with van der Waals surface area (Å²) in [5.74, 6) is 0.445. The highest BCUT2D eigenvalue weighted by molar-refractivity contribution is 5.77. The minimum atomic E-state index is -0.434. The average molecular weight is 278 g/mol. The van der Waals surface area contributed by atoms with Crippen LogP contribution in [0.4, 0.5) is 0 Å². The van der Waals surface area contributed by atoms with Gasteiger partial charge in [-0.15, -0.1) is 0 Å². The fraction of sp³-hybridized carbons (Fsp3) is 0.533.